The first-order chi connectivity index (χ1) is 13.1. The van der Waals surface area contributed by atoms with Crippen molar-refractivity contribution in [2.75, 3.05) is 31.6 Å². The van der Waals surface area contributed by atoms with Crippen LogP contribution in [0.1, 0.15) is 30.9 Å². The van der Waals surface area contributed by atoms with Crippen LogP contribution in [-0.4, -0.2) is 37.5 Å². The van der Waals surface area contributed by atoms with Crippen molar-refractivity contribution in [2.45, 2.75) is 32.4 Å². The smallest absolute Gasteiger partial charge is 0.170 e. The van der Waals surface area contributed by atoms with Crippen molar-refractivity contribution >= 4 is 23.0 Å². The number of hydrogen-bond donors (Lipinski definition) is 3. The second-order valence-corrected chi connectivity index (χ2v) is 7.88. The highest BCUT2D eigenvalue weighted by atomic mass is 32.1. The highest BCUT2D eigenvalue weighted by Crippen LogP contribution is 2.17. The predicted octanol–water partition coefficient (Wildman–Crippen LogP) is 2.58. The minimum Gasteiger partial charge on any atom is -0.365 e. The molecule has 4 nitrogen and oxygen atoms in total. The van der Waals surface area contributed by atoms with E-state index in [0.717, 1.165) is 38.5 Å². The van der Waals surface area contributed by atoms with Crippen molar-refractivity contribution in [1.29, 1.82) is 0 Å². The molecule has 1 saturated heterocycles. The summed E-state index contributed by atoms with van der Waals surface area (Å²) in [6.45, 7) is 9.01. The van der Waals surface area contributed by atoms with E-state index in [1.165, 1.54) is 11.1 Å². The molecule has 144 valence electrons. The molecule has 2 atom stereocenters. The molecule has 1 unspecified atom stereocenters. The average molecular weight is 385 g/mol. The van der Waals surface area contributed by atoms with E-state index in [1.54, 1.807) is 4.90 Å². The van der Waals surface area contributed by atoms with Gasteiger partial charge in [0.05, 0.1) is 6.61 Å². The second-order valence-electron chi connectivity index (χ2n) is 7.47. The minimum atomic E-state index is 0.181. The van der Waals surface area contributed by atoms with Gasteiger partial charge < -0.3 is 20.3 Å². The molecule has 27 heavy (non-hydrogen) atoms. The molecule has 0 spiro atoms. The van der Waals surface area contributed by atoms with Gasteiger partial charge in [0.1, 0.15) is 25.7 Å². The van der Waals surface area contributed by atoms with Crippen molar-refractivity contribution in [3.05, 3.63) is 65.7 Å². The number of anilines is 1. The number of morpholine rings is 1. The quantitative estimate of drug-likeness (QED) is 0.670. The van der Waals surface area contributed by atoms with Crippen LogP contribution >= 0.6 is 12.2 Å². The van der Waals surface area contributed by atoms with Crippen molar-refractivity contribution in [3.8, 4) is 0 Å². The van der Waals surface area contributed by atoms with Gasteiger partial charge in [0, 0.05) is 17.8 Å². The molecule has 1 aliphatic heterocycles. The number of quaternary nitrogens is 1. The Morgan fingerprint density at radius 3 is 2.59 bits per heavy atom. The Kier molecular flexibility index (Phi) is 7.21. The largest absolute Gasteiger partial charge is 0.365 e. The normalized spacial score (nSPS) is 19.7. The highest BCUT2D eigenvalue weighted by molar-refractivity contribution is 7.80. The van der Waals surface area contributed by atoms with Crippen LogP contribution < -0.4 is 15.5 Å². The summed E-state index contributed by atoms with van der Waals surface area (Å²) in [5.41, 5.74) is 3.72. The van der Waals surface area contributed by atoms with E-state index in [2.05, 4.69) is 79.1 Å². The fourth-order valence-electron chi connectivity index (χ4n) is 3.36. The molecule has 1 aliphatic rings. The maximum absolute atomic E-state index is 5.92. The lowest BCUT2D eigenvalue weighted by atomic mass is 10.0. The molecule has 0 radical (unpaired) electrons. The summed E-state index contributed by atoms with van der Waals surface area (Å²) >= 11 is 5.44. The topological polar surface area (TPSA) is 37.7 Å². The fourth-order valence-corrected chi connectivity index (χ4v) is 3.56. The van der Waals surface area contributed by atoms with Gasteiger partial charge >= 0.3 is 0 Å². The van der Waals surface area contributed by atoms with Gasteiger partial charge in [-0.05, 0) is 35.8 Å². The number of rotatable bonds is 6. The Balaban J connectivity index is 1.42. The summed E-state index contributed by atoms with van der Waals surface area (Å²) in [5.74, 6) is 0.536. The lowest BCUT2D eigenvalue weighted by Crippen LogP contribution is -3.13. The van der Waals surface area contributed by atoms with Gasteiger partial charge in [0.15, 0.2) is 5.11 Å². The Bertz CT molecular complexity index is 718. The van der Waals surface area contributed by atoms with E-state index < -0.39 is 0 Å². The molecule has 3 N–H and O–H groups in total. The lowest BCUT2D eigenvalue weighted by Gasteiger charge is -2.30. The van der Waals surface area contributed by atoms with Gasteiger partial charge in [0.2, 0.25) is 0 Å². The number of ether oxygens (including phenoxy) is 1. The molecule has 1 heterocycles. The van der Waals surface area contributed by atoms with Crippen molar-refractivity contribution < 1.29 is 9.64 Å². The zero-order valence-corrected chi connectivity index (χ0v) is 17.0. The minimum absolute atomic E-state index is 0.181. The Hall–Kier alpha value is -1.95. The third kappa shape index (κ3) is 6.31. The molecule has 0 aromatic heterocycles. The van der Waals surface area contributed by atoms with E-state index in [1.807, 2.05) is 0 Å². The lowest BCUT2D eigenvalue weighted by molar-refractivity contribution is -0.925. The van der Waals surface area contributed by atoms with E-state index >= 15 is 0 Å². The van der Waals surface area contributed by atoms with Crippen LogP contribution in [0.2, 0.25) is 0 Å². The second kappa shape index (κ2) is 9.83. The molecule has 2 aromatic carbocycles. The molecule has 0 amide bonds. The van der Waals surface area contributed by atoms with Gasteiger partial charge in [-0.1, -0.05) is 56.3 Å². The molecular formula is C22H30N3OS+. The van der Waals surface area contributed by atoms with Crippen molar-refractivity contribution in [1.82, 2.24) is 5.32 Å². The van der Waals surface area contributed by atoms with Crippen LogP contribution in [0.15, 0.2) is 54.6 Å². The molecule has 2 aromatic rings. The van der Waals surface area contributed by atoms with Gasteiger partial charge in [0.25, 0.3) is 0 Å². The summed E-state index contributed by atoms with van der Waals surface area (Å²) in [6, 6.07) is 19.1. The van der Waals surface area contributed by atoms with Crippen LogP contribution in [0.5, 0.6) is 0 Å². The third-order valence-electron chi connectivity index (χ3n) is 4.95. The molecule has 0 aliphatic carbocycles. The first-order valence-electron chi connectivity index (χ1n) is 9.74. The third-order valence-corrected chi connectivity index (χ3v) is 5.19. The summed E-state index contributed by atoms with van der Waals surface area (Å²) in [6.07, 6.45) is 0.181. The summed E-state index contributed by atoms with van der Waals surface area (Å²) < 4.78 is 5.92. The number of benzene rings is 2. The van der Waals surface area contributed by atoms with Crippen LogP contribution in [-0.2, 0) is 11.3 Å². The Morgan fingerprint density at radius 2 is 1.89 bits per heavy atom. The van der Waals surface area contributed by atoms with Crippen molar-refractivity contribution in [3.63, 3.8) is 0 Å². The van der Waals surface area contributed by atoms with Crippen molar-refractivity contribution in [2.24, 2.45) is 0 Å². The SMILES string of the molecule is CC(C)c1ccc(NC(=S)NC[C@H]2C[NH+](Cc3ccccc3)CCO2)cc1. The zero-order chi connectivity index (χ0) is 19.1. The molecule has 5 heteroatoms. The van der Waals surface area contributed by atoms with Gasteiger partial charge in [-0.15, -0.1) is 0 Å². The molecule has 0 bridgehead atoms. The van der Waals surface area contributed by atoms with Crippen LogP contribution in [0, 0.1) is 0 Å². The highest BCUT2D eigenvalue weighted by Gasteiger charge is 2.23. The maximum Gasteiger partial charge on any atom is 0.170 e. The summed E-state index contributed by atoms with van der Waals surface area (Å²) in [4.78, 5) is 1.56. The molecule has 3 rings (SSSR count). The molecule has 0 saturated carbocycles. The number of thiocarbonyl (C=S) groups is 1. The number of hydrogen-bond acceptors (Lipinski definition) is 2. The summed E-state index contributed by atoms with van der Waals surface area (Å²) in [7, 11) is 0. The first kappa shape index (κ1) is 19.8. The monoisotopic (exact) mass is 384 g/mol. The first-order valence-corrected chi connectivity index (χ1v) is 10.1. The van der Waals surface area contributed by atoms with Gasteiger partial charge in [-0.25, -0.2) is 0 Å². The summed E-state index contributed by atoms with van der Waals surface area (Å²) in [5, 5.41) is 7.21. The van der Waals surface area contributed by atoms with Crippen LogP contribution in [0.25, 0.3) is 0 Å². The fraction of sp³-hybridized carbons (Fsp3) is 0.409. The molecule has 1 fully saturated rings. The van der Waals surface area contributed by atoms with Gasteiger partial charge in [-0.2, -0.15) is 0 Å². The van der Waals surface area contributed by atoms with E-state index in [4.69, 9.17) is 17.0 Å². The number of nitrogens with one attached hydrogen (secondary N) is 3. The van der Waals surface area contributed by atoms with E-state index in [9.17, 15) is 0 Å². The standard InChI is InChI=1S/C22H29N3OS/c1-17(2)19-8-10-20(11-9-19)24-22(27)23-14-21-16-25(12-13-26-21)15-18-6-4-3-5-7-18/h3-11,17,21H,12-16H2,1-2H3,(H2,23,24,27)/p+1/t21-/m0/s1. The van der Waals surface area contributed by atoms with E-state index in [0.29, 0.717) is 11.0 Å². The van der Waals surface area contributed by atoms with Gasteiger partial charge in [-0.3, -0.25) is 0 Å². The maximum atomic E-state index is 5.92. The average Bonchev–Trinajstić information content (AvgIpc) is 2.68. The van der Waals surface area contributed by atoms with E-state index in [-0.39, 0.29) is 6.10 Å². The van der Waals surface area contributed by atoms with Crippen LogP contribution in [0.3, 0.4) is 0 Å². The zero-order valence-electron chi connectivity index (χ0n) is 16.2. The predicted molar refractivity (Wildman–Crippen MR) is 115 cm³/mol. The molecular weight excluding hydrogens is 354 g/mol. The van der Waals surface area contributed by atoms with Crippen LogP contribution in [0.4, 0.5) is 5.69 Å². The Labute approximate surface area is 167 Å². The Morgan fingerprint density at radius 1 is 1.15 bits per heavy atom.